The molecule has 1 aromatic heterocycles. The lowest BCUT2D eigenvalue weighted by Crippen LogP contribution is -2.43. The Morgan fingerprint density at radius 2 is 1.89 bits per heavy atom. The van der Waals surface area contributed by atoms with Crippen LogP contribution in [-0.4, -0.2) is 54.1 Å². The van der Waals surface area contributed by atoms with E-state index in [2.05, 4.69) is 24.0 Å². The molecular formula is C19H25N3O4S. The molecular weight excluding hydrogens is 366 g/mol. The van der Waals surface area contributed by atoms with Gasteiger partial charge in [0.15, 0.2) is 11.5 Å². The number of hydrogen-bond acceptors (Lipinski definition) is 7. The van der Waals surface area contributed by atoms with Crippen LogP contribution in [0.5, 0.6) is 11.5 Å². The maximum Gasteiger partial charge on any atom is 0.277 e. The van der Waals surface area contributed by atoms with Crippen molar-refractivity contribution in [2.75, 3.05) is 33.1 Å². The molecule has 1 aliphatic rings. The molecule has 27 heavy (non-hydrogen) atoms. The summed E-state index contributed by atoms with van der Waals surface area (Å²) in [6.07, 6.45) is 1.18. The van der Waals surface area contributed by atoms with Crippen LogP contribution >= 0.6 is 11.8 Å². The van der Waals surface area contributed by atoms with Crippen LogP contribution in [0.2, 0.25) is 0 Å². The molecule has 0 spiro atoms. The lowest BCUT2D eigenvalue weighted by Gasteiger charge is -2.34. The Balaban J connectivity index is 1.62. The van der Waals surface area contributed by atoms with Gasteiger partial charge in [-0.15, -0.1) is 10.2 Å². The van der Waals surface area contributed by atoms with Gasteiger partial charge < -0.3 is 18.8 Å². The van der Waals surface area contributed by atoms with E-state index in [1.54, 1.807) is 26.4 Å². The van der Waals surface area contributed by atoms with Crippen molar-refractivity contribution in [2.45, 2.75) is 25.5 Å². The highest BCUT2D eigenvalue weighted by molar-refractivity contribution is 7.99. The SMILES string of the molecule is COc1ccc(-c2nnc(SCC(=O)N3CC(C)CC(C)C3)o2)cc1OC. The van der Waals surface area contributed by atoms with Crippen molar-refractivity contribution in [1.29, 1.82) is 0 Å². The Hall–Kier alpha value is -2.22. The van der Waals surface area contributed by atoms with Crippen molar-refractivity contribution in [2.24, 2.45) is 11.8 Å². The summed E-state index contributed by atoms with van der Waals surface area (Å²) in [4.78, 5) is 14.4. The number of ether oxygens (including phenoxy) is 2. The van der Waals surface area contributed by atoms with Crippen LogP contribution in [0.15, 0.2) is 27.8 Å². The van der Waals surface area contributed by atoms with E-state index in [-0.39, 0.29) is 5.91 Å². The van der Waals surface area contributed by atoms with Crippen molar-refractivity contribution in [3.8, 4) is 23.0 Å². The smallest absolute Gasteiger partial charge is 0.277 e. The Kier molecular flexibility index (Phi) is 6.26. The third-order valence-electron chi connectivity index (χ3n) is 4.58. The Labute approximate surface area is 163 Å². The number of nitrogens with zero attached hydrogens (tertiary/aromatic N) is 3. The van der Waals surface area contributed by atoms with E-state index < -0.39 is 0 Å². The standard InChI is InChI=1S/C19H25N3O4S/c1-12-7-13(2)10-22(9-12)17(23)11-27-19-21-20-18(26-19)14-5-6-15(24-3)16(8-14)25-4/h5-6,8,12-13H,7,9-11H2,1-4H3. The largest absolute Gasteiger partial charge is 0.493 e. The number of carbonyl (C=O) groups excluding carboxylic acids is 1. The van der Waals surface area contributed by atoms with E-state index in [0.717, 1.165) is 18.7 Å². The second kappa shape index (κ2) is 8.65. The zero-order chi connectivity index (χ0) is 19.4. The van der Waals surface area contributed by atoms with Crippen molar-refractivity contribution in [1.82, 2.24) is 15.1 Å². The molecule has 7 nitrogen and oxygen atoms in total. The molecule has 146 valence electrons. The van der Waals surface area contributed by atoms with Crippen LogP contribution in [0.4, 0.5) is 0 Å². The number of hydrogen-bond donors (Lipinski definition) is 0. The summed E-state index contributed by atoms with van der Waals surface area (Å²) in [6.45, 7) is 6.03. The van der Waals surface area contributed by atoms with Crippen LogP contribution in [-0.2, 0) is 4.79 Å². The molecule has 1 aromatic carbocycles. The van der Waals surface area contributed by atoms with Crippen molar-refractivity contribution in [3.05, 3.63) is 18.2 Å². The number of amides is 1. The van der Waals surface area contributed by atoms with Gasteiger partial charge in [0.05, 0.1) is 20.0 Å². The molecule has 1 saturated heterocycles. The van der Waals surface area contributed by atoms with Crippen LogP contribution in [0, 0.1) is 11.8 Å². The summed E-state index contributed by atoms with van der Waals surface area (Å²) >= 11 is 1.27. The highest BCUT2D eigenvalue weighted by atomic mass is 32.2. The van der Waals surface area contributed by atoms with E-state index in [1.807, 2.05) is 11.0 Å². The molecule has 0 saturated carbocycles. The quantitative estimate of drug-likeness (QED) is 0.699. The van der Waals surface area contributed by atoms with Gasteiger partial charge in [-0.1, -0.05) is 25.6 Å². The fourth-order valence-electron chi connectivity index (χ4n) is 3.44. The second-order valence-corrected chi connectivity index (χ2v) is 7.90. The number of benzene rings is 1. The number of aromatic nitrogens is 2. The van der Waals surface area contributed by atoms with E-state index in [0.29, 0.717) is 40.2 Å². The molecule has 0 N–H and O–H groups in total. The van der Waals surface area contributed by atoms with Gasteiger partial charge in [0.1, 0.15) is 0 Å². The third kappa shape index (κ3) is 4.74. The number of likely N-dealkylation sites (tertiary alicyclic amines) is 1. The first-order valence-electron chi connectivity index (χ1n) is 8.96. The van der Waals surface area contributed by atoms with Gasteiger partial charge in [-0.25, -0.2) is 0 Å². The summed E-state index contributed by atoms with van der Waals surface area (Å²) in [7, 11) is 3.16. The lowest BCUT2D eigenvalue weighted by molar-refractivity contribution is -0.130. The van der Waals surface area contributed by atoms with Gasteiger partial charge >= 0.3 is 0 Å². The highest BCUT2D eigenvalue weighted by Crippen LogP contribution is 2.32. The predicted octanol–water partition coefficient (Wildman–Crippen LogP) is 3.35. The average molecular weight is 391 g/mol. The molecule has 0 bridgehead atoms. The average Bonchev–Trinajstić information content (AvgIpc) is 3.13. The molecule has 0 radical (unpaired) electrons. The number of thioether (sulfide) groups is 1. The minimum Gasteiger partial charge on any atom is -0.493 e. The van der Waals surface area contributed by atoms with E-state index in [1.165, 1.54) is 18.2 Å². The van der Waals surface area contributed by atoms with Gasteiger partial charge in [-0.05, 0) is 36.5 Å². The minimum atomic E-state index is 0.115. The maximum absolute atomic E-state index is 12.5. The Morgan fingerprint density at radius 3 is 2.56 bits per heavy atom. The van der Waals surface area contributed by atoms with Crippen molar-refractivity contribution in [3.63, 3.8) is 0 Å². The Morgan fingerprint density at radius 1 is 1.19 bits per heavy atom. The zero-order valence-corrected chi connectivity index (χ0v) is 16.9. The fraction of sp³-hybridized carbons (Fsp3) is 0.526. The zero-order valence-electron chi connectivity index (χ0n) is 16.1. The lowest BCUT2D eigenvalue weighted by atomic mass is 9.92. The number of methoxy groups -OCH3 is 2. The first-order chi connectivity index (χ1) is 13.0. The first-order valence-corrected chi connectivity index (χ1v) is 9.95. The highest BCUT2D eigenvalue weighted by Gasteiger charge is 2.25. The normalized spacial score (nSPS) is 19.8. The number of carbonyl (C=O) groups is 1. The third-order valence-corrected chi connectivity index (χ3v) is 5.38. The Bertz CT molecular complexity index is 785. The molecule has 2 unspecified atom stereocenters. The van der Waals surface area contributed by atoms with Crippen molar-refractivity contribution >= 4 is 17.7 Å². The number of rotatable bonds is 6. The summed E-state index contributed by atoms with van der Waals surface area (Å²) in [5.74, 6) is 3.10. The molecule has 1 fully saturated rings. The topological polar surface area (TPSA) is 77.7 Å². The summed E-state index contributed by atoms with van der Waals surface area (Å²) in [5, 5.41) is 8.50. The van der Waals surface area contributed by atoms with Crippen molar-refractivity contribution < 1.29 is 18.7 Å². The summed E-state index contributed by atoms with van der Waals surface area (Å²) in [6, 6.07) is 5.39. The maximum atomic E-state index is 12.5. The molecule has 2 heterocycles. The molecule has 8 heteroatoms. The van der Waals surface area contributed by atoms with E-state index >= 15 is 0 Å². The summed E-state index contributed by atoms with van der Waals surface area (Å²) < 4.78 is 16.2. The second-order valence-electron chi connectivity index (χ2n) is 6.98. The molecule has 0 aliphatic carbocycles. The van der Waals surface area contributed by atoms with Gasteiger partial charge in [0.2, 0.25) is 11.8 Å². The molecule has 1 amide bonds. The molecule has 2 atom stereocenters. The number of piperidine rings is 1. The molecule has 1 aliphatic heterocycles. The summed E-state index contributed by atoms with van der Waals surface area (Å²) in [5.41, 5.74) is 0.733. The van der Waals surface area contributed by atoms with Gasteiger partial charge in [-0.2, -0.15) is 0 Å². The van der Waals surface area contributed by atoms with Gasteiger partial charge in [-0.3, -0.25) is 4.79 Å². The van der Waals surface area contributed by atoms with E-state index in [9.17, 15) is 4.79 Å². The van der Waals surface area contributed by atoms with Gasteiger partial charge in [0, 0.05) is 18.7 Å². The molecule has 3 rings (SSSR count). The minimum absolute atomic E-state index is 0.115. The van der Waals surface area contributed by atoms with E-state index in [4.69, 9.17) is 13.9 Å². The van der Waals surface area contributed by atoms with Crippen LogP contribution in [0.25, 0.3) is 11.5 Å². The van der Waals surface area contributed by atoms with Crippen LogP contribution < -0.4 is 9.47 Å². The monoisotopic (exact) mass is 391 g/mol. The van der Waals surface area contributed by atoms with Crippen LogP contribution in [0.1, 0.15) is 20.3 Å². The molecule has 2 aromatic rings. The predicted molar refractivity (Wildman–Crippen MR) is 103 cm³/mol. The first kappa shape index (κ1) is 19.5. The van der Waals surface area contributed by atoms with Crippen LogP contribution in [0.3, 0.4) is 0 Å². The fourth-order valence-corrected chi connectivity index (χ4v) is 4.10. The van der Waals surface area contributed by atoms with Gasteiger partial charge in [0.25, 0.3) is 5.22 Å².